The van der Waals surface area contributed by atoms with Crippen molar-refractivity contribution in [1.29, 1.82) is 0 Å². The molecule has 2 unspecified atom stereocenters. The SMILES string of the molecule is CCCCC(CC)C(=O)OC1COC(C(CC)CCCC)OC1. The number of unbranched alkanes of at least 4 members (excludes halogenated alkanes) is 2. The summed E-state index contributed by atoms with van der Waals surface area (Å²) < 4.78 is 17.3. The number of rotatable bonds is 11. The molecule has 0 bridgehead atoms. The van der Waals surface area contributed by atoms with E-state index in [1.165, 1.54) is 12.8 Å². The molecule has 1 aliphatic heterocycles. The van der Waals surface area contributed by atoms with Gasteiger partial charge in [0.05, 0.1) is 19.1 Å². The van der Waals surface area contributed by atoms with Gasteiger partial charge in [0.1, 0.15) is 6.10 Å². The Morgan fingerprint density at radius 2 is 1.61 bits per heavy atom. The van der Waals surface area contributed by atoms with Crippen molar-refractivity contribution in [2.75, 3.05) is 13.2 Å². The summed E-state index contributed by atoms with van der Waals surface area (Å²) in [5.41, 5.74) is 0. The van der Waals surface area contributed by atoms with Crippen molar-refractivity contribution in [3.05, 3.63) is 0 Å². The smallest absolute Gasteiger partial charge is 0.309 e. The maximum atomic E-state index is 12.2. The first-order valence-corrected chi connectivity index (χ1v) is 9.59. The zero-order chi connectivity index (χ0) is 17.1. The van der Waals surface area contributed by atoms with E-state index in [0.29, 0.717) is 19.1 Å². The molecule has 0 radical (unpaired) electrons. The predicted molar refractivity (Wildman–Crippen MR) is 92.2 cm³/mol. The lowest BCUT2D eigenvalue weighted by molar-refractivity contribution is -0.246. The molecule has 0 aromatic carbocycles. The average Bonchev–Trinajstić information content (AvgIpc) is 2.57. The Labute approximate surface area is 142 Å². The normalized spacial score (nSPS) is 24.2. The Bertz CT molecular complexity index is 310. The van der Waals surface area contributed by atoms with Crippen molar-refractivity contribution < 1.29 is 19.0 Å². The van der Waals surface area contributed by atoms with E-state index in [2.05, 4.69) is 20.8 Å². The molecule has 0 saturated carbocycles. The fraction of sp³-hybridized carbons (Fsp3) is 0.947. The van der Waals surface area contributed by atoms with Crippen LogP contribution in [-0.4, -0.2) is 31.6 Å². The lowest BCUT2D eigenvalue weighted by Crippen LogP contribution is -2.42. The minimum absolute atomic E-state index is 0.0145. The van der Waals surface area contributed by atoms with E-state index in [1.54, 1.807) is 0 Å². The van der Waals surface area contributed by atoms with Crippen LogP contribution < -0.4 is 0 Å². The summed E-state index contributed by atoms with van der Waals surface area (Å²) in [7, 11) is 0. The highest BCUT2D eigenvalue weighted by atomic mass is 16.7. The van der Waals surface area contributed by atoms with Gasteiger partial charge in [-0.1, -0.05) is 53.4 Å². The Hall–Kier alpha value is -0.610. The Morgan fingerprint density at radius 1 is 1.00 bits per heavy atom. The second-order valence-electron chi connectivity index (χ2n) is 6.65. The fourth-order valence-corrected chi connectivity index (χ4v) is 3.04. The molecule has 0 amide bonds. The second-order valence-corrected chi connectivity index (χ2v) is 6.65. The van der Waals surface area contributed by atoms with Crippen molar-refractivity contribution in [2.24, 2.45) is 11.8 Å². The fourth-order valence-electron chi connectivity index (χ4n) is 3.04. The van der Waals surface area contributed by atoms with E-state index in [0.717, 1.165) is 38.5 Å². The zero-order valence-electron chi connectivity index (χ0n) is 15.5. The first-order chi connectivity index (χ1) is 11.2. The van der Waals surface area contributed by atoms with Gasteiger partial charge < -0.3 is 14.2 Å². The highest BCUT2D eigenvalue weighted by molar-refractivity contribution is 5.72. The quantitative estimate of drug-likeness (QED) is 0.516. The van der Waals surface area contributed by atoms with E-state index >= 15 is 0 Å². The molecule has 23 heavy (non-hydrogen) atoms. The summed E-state index contributed by atoms with van der Waals surface area (Å²) in [6.45, 7) is 9.49. The van der Waals surface area contributed by atoms with Crippen molar-refractivity contribution >= 4 is 5.97 Å². The molecule has 1 fully saturated rings. The molecule has 1 saturated heterocycles. The first kappa shape index (κ1) is 20.4. The van der Waals surface area contributed by atoms with Gasteiger partial charge in [0.25, 0.3) is 0 Å². The molecule has 2 atom stereocenters. The average molecular weight is 328 g/mol. The monoisotopic (exact) mass is 328 g/mol. The lowest BCUT2D eigenvalue weighted by atomic mass is 9.98. The second kappa shape index (κ2) is 11.9. The molecule has 1 rings (SSSR count). The van der Waals surface area contributed by atoms with Crippen LogP contribution in [0.4, 0.5) is 0 Å². The lowest BCUT2D eigenvalue weighted by Gasteiger charge is -2.34. The standard InChI is InChI=1S/C19H36O4/c1-5-9-11-15(7-3)18(20)23-17-13-21-19(22-14-17)16(8-4)12-10-6-2/h15-17,19H,5-14H2,1-4H3. The molecule has 136 valence electrons. The minimum atomic E-state index is -0.252. The van der Waals surface area contributed by atoms with Gasteiger partial charge in [0.2, 0.25) is 0 Å². The van der Waals surface area contributed by atoms with Crippen molar-refractivity contribution in [3.8, 4) is 0 Å². The summed E-state index contributed by atoms with van der Waals surface area (Å²) >= 11 is 0. The van der Waals surface area contributed by atoms with Gasteiger partial charge >= 0.3 is 5.97 Å². The van der Waals surface area contributed by atoms with Crippen LogP contribution in [0.5, 0.6) is 0 Å². The molecular weight excluding hydrogens is 292 g/mol. The number of hydrogen-bond acceptors (Lipinski definition) is 4. The van der Waals surface area contributed by atoms with Gasteiger partial charge in [-0.25, -0.2) is 0 Å². The number of carbonyl (C=O) groups is 1. The highest BCUT2D eigenvalue weighted by Gasteiger charge is 2.31. The largest absolute Gasteiger partial charge is 0.457 e. The third-order valence-electron chi connectivity index (χ3n) is 4.75. The summed E-state index contributed by atoms with van der Waals surface area (Å²) in [5.74, 6) is 0.370. The number of ether oxygens (including phenoxy) is 3. The van der Waals surface area contributed by atoms with Gasteiger partial charge in [0.15, 0.2) is 6.29 Å². The molecule has 0 N–H and O–H groups in total. The van der Waals surface area contributed by atoms with Crippen LogP contribution in [-0.2, 0) is 19.0 Å². The van der Waals surface area contributed by atoms with Gasteiger partial charge in [-0.2, -0.15) is 0 Å². The third kappa shape index (κ3) is 7.21. The van der Waals surface area contributed by atoms with Crippen molar-refractivity contribution in [3.63, 3.8) is 0 Å². The number of hydrogen-bond donors (Lipinski definition) is 0. The summed E-state index contributed by atoms with van der Waals surface area (Å²) in [6.07, 6.45) is 8.14. The summed E-state index contributed by atoms with van der Waals surface area (Å²) in [4.78, 5) is 12.2. The maximum absolute atomic E-state index is 12.2. The van der Waals surface area contributed by atoms with E-state index in [-0.39, 0.29) is 24.3 Å². The van der Waals surface area contributed by atoms with Crippen LogP contribution >= 0.6 is 0 Å². The first-order valence-electron chi connectivity index (χ1n) is 9.59. The molecular formula is C19H36O4. The molecule has 1 aliphatic rings. The summed E-state index contributed by atoms with van der Waals surface area (Å²) in [6, 6.07) is 0. The maximum Gasteiger partial charge on any atom is 0.309 e. The number of carbonyl (C=O) groups excluding carboxylic acids is 1. The number of esters is 1. The van der Waals surface area contributed by atoms with Crippen LogP contribution in [0.2, 0.25) is 0 Å². The van der Waals surface area contributed by atoms with E-state index in [1.807, 2.05) is 6.92 Å². The Balaban J connectivity index is 2.36. The van der Waals surface area contributed by atoms with Gasteiger partial charge in [-0.3, -0.25) is 4.79 Å². The molecule has 4 heteroatoms. The van der Waals surface area contributed by atoms with Crippen molar-refractivity contribution in [2.45, 2.75) is 91.5 Å². The highest BCUT2D eigenvalue weighted by Crippen LogP contribution is 2.24. The van der Waals surface area contributed by atoms with Crippen LogP contribution in [0.3, 0.4) is 0 Å². The van der Waals surface area contributed by atoms with Crippen LogP contribution in [0, 0.1) is 11.8 Å². The van der Waals surface area contributed by atoms with Gasteiger partial charge in [-0.05, 0) is 25.7 Å². The molecule has 0 aromatic rings. The zero-order valence-corrected chi connectivity index (χ0v) is 15.5. The molecule has 0 aromatic heterocycles. The predicted octanol–water partition coefficient (Wildman–Crippen LogP) is 4.70. The van der Waals surface area contributed by atoms with E-state index in [4.69, 9.17) is 14.2 Å². The minimum Gasteiger partial charge on any atom is -0.457 e. The molecule has 4 nitrogen and oxygen atoms in total. The Morgan fingerprint density at radius 3 is 2.13 bits per heavy atom. The molecule has 0 aliphatic carbocycles. The van der Waals surface area contributed by atoms with Crippen LogP contribution in [0.15, 0.2) is 0 Å². The topological polar surface area (TPSA) is 44.8 Å². The molecule has 1 heterocycles. The van der Waals surface area contributed by atoms with E-state index in [9.17, 15) is 4.79 Å². The molecule has 0 spiro atoms. The van der Waals surface area contributed by atoms with Crippen LogP contribution in [0.25, 0.3) is 0 Å². The van der Waals surface area contributed by atoms with Crippen LogP contribution in [0.1, 0.15) is 79.1 Å². The van der Waals surface area contributed by atoms with Crippen molar-refractivity contribution in [1.82, 2.24) is 0 Å². The van der Waals surface area contributed by atoms with Gasteiger partial charge in [-0.15, -0.1) is 0 Å². The van der Waals surface area contributed by atoms with E-state index < -0.39 is 0 Å². The third-order valence-corrected chi connectivity index (χ3v) is 4.75. The Kier molecular flexibility index (Phi) is 10.5. The summed E-state index contributed by atoms with van der Waals surface area (Å²) in [5, 5.41) is 0. The van der Waals surface area contributed by atoms with Gasteiger partial charge in [0, 0.05) is 5.92 Å².